The number of hydrogen-bond donors (Lipinski definition) is 1. The van der Waals surface area contributed by atoms with Crippen LogP contribution in [0.2, 0.25) is 0 Å². The molecule has 0 unspecified atom stereocenters. The van der Waals surface area contributed by atoms with Gasteiger partial charge in [-0.2, -0.15) is 0 Å². The standard InChI is InChI=1S/C8H12O2/c9-3-4-1-7-5-2-6(5)8(4)10-7/h4-9H,1-3H2/t4-,5+,6-,7-,8-/m0/s1. The van der Waals surface area contributed by atoms with Crippen molar-refractivity contribution >= 4 is 0 Å². The number of ether oxygens (including phenoxy) is 1. The van der Waals surface area contributed by atoms with Crippen molar-refractivity contribution < 1.29 is 9.84 Å². The molecule has 0 aromatic heterocycles. The molecule has 1 N–H and O–H groups in total. The summed E-state index contributed by atoms with van der Waals surface area (Å²) in [6, 6.07) is 0. The fourth-order valence-electron chi connectivity index (χ4n) is 2.75. The van der Waals surface area contributed by atoms with Crippen molar-refractivity contribution in [1.29, 1.82) is 0 Å². The number of rotatable bonds is 1. The minimum atomic E-state index is 0.338. The molecule has 0 spiro atoms. The third-order valence-corrected chi connectivity index (χ3v) is 3.36. The molecule has 1 saturated carbocycles. The zero-order valence-electron chi connectivity index (χ0n) is 5.86. The van der Waals surface area contributed by atoms with Crippen molar-refractivity contribution in [3.05, 3.63) is 0 Å². The predicted molar refractivity (Wildman–Crippen MR) is 35.5 cm³/mol. The van der Waals surface area contributed by atoms with E-state index in [1.165, 1.54) is 6.42 Å². The summed E-state index contributed by atoms with van der Waals surface area (Å²) in [5.74, 6) is 2.22. The summed E-state index contributed by atoms with van der Waals surface area (Å²) < 4.78 is 5.68. The van der Waals surface area contributed by atoms with Crippen LogP contribution in [-0.2, 0) is 4.74 Å². The Morgan fingerprint density at radius 2 is 2.20 bits per heavy atom. The van der Waals surface area contributed by atoms with E-state index in [0.717, 1.165) is 18.3 Å². The molecule has 10 heavy (non-hydrogen) atoms. The van der Waals surface area contributed by atoms with Gasteiger partial charge in [0, 0.05) is 12.5 Å². The first kappa shape index (κ1) is 5.56. The van der Waals surface area contributed by atoms with Crippen molar-refractivity contribution in [3.63, 3.8) is 0 Å². The van der Waals surface area contributed by atoms with Crippen LogP contribution in [0.3, 0.4) is 0 Å². The molecule has 3 fully saturated rings. The van der Waals surface area contributed by atoms with Crippen LogP contribution in [-0.4, -0.2) is 23.9 Å². The first-order valence-electron chi connectivity index (χ1n) is 4.16. The van der Waals surface area contributed by atoms with Gasteiger partial charge in [0.1, 0.15) is 0 Å². The van der Waals surface area contributed by atoms with E-state index in [-0.39, 0.29) is 0 Å². The van der Waals surface area contributed by atoms with Crippen LogP contribution in [0.1, 0.15) is 12.8 Å². The second-order valence-corrected chi connectivity index (χ2v) is 3.88. The molecule has 2 heteroatoms. The third kappa shape index (κ3) is 0.487. The van der Waals surface area contributed by atoms with Gasteiger partial charge in [0.15, 0.2) is 0 Å². The van der Waals surface area contributed by atoms with Gasteiger partial charge in [-0.3, -0.25) is 0 Å². The van der Waals surface area contributed by atoms with Gasteiger partial charge in [0.05, 0.1) is 12.2 Å². The molecule has 2 nitrogen and oxygen atoms in total. The number of hydrogen-bond acceptors (Lipinski definition) is 2. The van der Waals surface area contributed by atoms with E-state index >= 15 is 0 Å². The van der Waals surface area contributed by atoms with Gasteiger partial charge in [0.2, 0.25) is 0 Å². The van der Waals surface area contributed by atoms with E-state index in [1.807, 2.05) is 0 Å². The lowest BCUT2D eigenvalue weighted by molar-refractivity contribution is 0.0511. The van der Waals surface area contributed by atoms with Crippen molar-refractivity contribution in [2.24, 2.45) is 17.8 Å². The smallest absolute Gasteiger partial charge is 0.0661 e. The van der Waals surface area contributed by atoms with E-state index in [2.05, 4.69) is 0 Å². The van der Waals surface area contributed by atoms with Gasteiger partial charge in [-0.15, -0.1) is 0 Å². The lowest BCUT2D eigenvalue weighted by atomic mass is 9.90. The van der Waals surface area contributed by atoms with Crippen molar-refractivity contribution in [3.8, 4) is 0 Å². The zero-order chi connectivity index (χ0) is 6.72. The molecule has 5 atom stereocenters. The maximum Gasteiger partial charge on any atom is 0.0661 e. The summed E-state index contributed by atoms with van der Waals surface area (Å²) in [5.41, 5.74) is 0. The summed E-state index contributed by atoms with van der Waals surface area (Å²) in [6.45, 7) is 0.338. The van der Waals surface area contributed by atoms with E-state index in [1.54, 1.807) is 0 Å². The Morgan fingerprint density at radius 3 is 2.80 bits per heavy atom. The van der Waals surface area contributed by atoms with Crippen LogP contribution in [0, 0.1) is 17.8 Å². The lowest BCUT2D eigenvalue weighted by Gasteiger charge is -2.14. The van der Waals surface area contributed by atoms with Crippen molar-refractivity contribution in [1.82, 2.24) is 0 Å². The van der Waals surface area contributed by atoms with Crippen LogP contribution in [0.4, 0.5) is 0 Å². The van der Waals surface area contributed by atoms with Crippen molar-refractivity contribution in [2.45, 2.75) is 25.0 Å². The largest absolute Gasteiger partial charge is 0.396 e. The summed E-state index contributed by atoms with van der Waals surface area (Å²) in [6.07, 6.45) is 3.49. The molecule has 3 rings (SSSR count). The molecule has 2 heterocycles. The Morgan fingerprint density at radius 1 is 1.30 bits per heavy atom. The predicted octanol–water partition coefficient (Wildman–Crippen LogP) is 0.402. The topological polar surface area (TPSA) is 29.5 Å². The minimum absolute atomic E-state index is 0.338. The van der Waals surface area contributed by atoms with Crippen LogP contribution >= 0.6 is 0 Å². The molecule has 2 bridgehead atoms. The molecule has 2 saturated heterocycles. The molecule has 0 amide bonds. The Kier molecular flexibility index (Phi) is 0.868. The van der Waals surface area contributed by atoms with Crippen LogP contribution < -0.4 is 0 Å². The fraction of sp³-hybridized carbons (Fsp3) is 1.00. The monoisotopic (exact) mass is 140 g/mol. The first-order valence-corrected chi connectivity index (χ1v) is 4.16. The lowest BCUT2D eigenvalue weighted by Crippen LogP contribution is -2.22. The highest BCUT2D eigenvalue weighted by molar-refractivity contribution is 5.10. The van der Waals surface area contributed by atoms with Gasteiger partial charge in [0.25, 0.3) is 0 Å². The Labute approximate surface area is 60.2 Å². The Balaban J connectivity index is 1.85. The normalized spacial score (nSPS) is 62.7. The highest BCUT2D eigenvalue weighted by atomic mass is 16.5. The molecule has 1 aliphatic carbocycles. The van der Waals surface area contributed by atoms with E-state index in [0.29, 0.717) is 24.7 Å². The maximum absolute atomic E-state index is 8.94. The van der Waals surface area contributed by atoms with Gasteiger partial charge >= 0.3 is 0 Å². The van der Waals surface area contributed by atoms with Gasteiger partial charge in [-0.1, -0.05) is 0 Å². The van der Waals surface area contributed by atoms with E-state index < -0.39 is 0 Å². The highest BCUT2D eigenvalue weighted by Crippen LogP contribution is 2.60. The van der Waals surface area contributed by atoms with E-state index in [9.17, 15) is 0 Å². The van der Waals surface area contributed by atoms with Gasteiger partial charge in [-0.25, -0.2) is 0 Å². The van der Waals surface area contributed by atoms with Crippen molar-refractivity contribution in [2.75, 3.05) is 6.61 Å². The average molecular weight is 140 g/mol. The summed E-state index contributed by atoms with van der Waals surface area (Å²) >= 11 is 0. The minimum Gasteiger partial charge on any atom is -0.396 e. The number of aliphatic hydroxyl groups is 1. The SMILES string of the molecule is OC[C@@H]1C[C@@H]2O[C@@H]1[C@H]1C[C@H]12. The van der Waals surface area contributed by atoms with Crippen LogP contribution in [0.5, 0.6) is 0 Å². The number of fused-ring (bicyclic) bond motifs is 5. The molecular formula is C8H12O2. The van der Waals surface area contributed by atoms with Gasteiger partial charge < -0.3 is 9.84 Å². The second-order valence-electron chi connectivity index (χ2n) is 3.88. The van der Waals surface area contributed by atoms with Crippen LogP contribution in [0.15, 0.2) is 0 Å². The molecule has 0 aromatic carbocycles. The summed E-state index contributed by atoms with van der Waals surface area (Å²) in [7, 11) is 0. The van der Waals surface area contributed by atoms with Crippen LogP contribution in [0.25, 0.3) is 0 Å². The maximum atomic E-state index is 8.94. The zero-order valence-corrected chi connectivity index (χ0v) is 5.86. The van der Waals surface area contributed by atoms with Gasteiger partial charge in [-0.05, 0) is 24.7 Å². The third-order valence-electron chi connectivity index (χ3n) is 3.36. The first-order chi connectivity index (χ1) is 4.90. The molecule has 0 aromatic rings. The second kappa shape index (κ2) is 1.56. The average Bonchev–Trinajstić information content (AvgIpc) is 2.58. The summed E-state index contributed by atoms with van der Waals surface area (Å²) in [4.78, 5) is 0. The quantitative estimate of drug-likeness (QED) is 0.571. The Hall–Kier alpha value is -0.0800. The molecule has 0 radical (unpaired) electrons. The molecule has 2 aliphatic heterocycles. The van der Waals surface area contributed by atoms with E-state index in [4.69, 9.17) is 9.84 Å². The fourth-order valence-corrected chi connectivity index (χ4v) is 2.75. The molecule has 3 aliphatic rings. The molecular weight excluding hydrogens is 128 g/mol. The molecule has 56 valence electrons. The Bertz CT molecular complexity index is 169. The number of aliphatic hydroxyl groups excluding tert-OH is 1. The summed E-state index contributed by atoms with van der Waals surface area (Å²) in [5, 5.41) is 8.94. The highest BCUT2D eigenvalue weighted by Gasteiger charge is 2.62.